The Balaban J connectivity index is 1.39. The first-order chi connectivity index (χ1) is 13.3. The second-order valence-corrected chi connectivity index (χ2v) is 7.63. The normalized spacial score (nSPS) is 13.7. The van der Waals surface area contributed by atoms with E-state index in [1.807, 2.05) is 0 Å². The van der Waals surface area contributed by atoms with Crippen LogP contribution in [-0.2, 0) is 19.4 Å². The Labute approximate surface area is 158 Å². The summed E-state index contributed by atoms with van der Waals surface area (Å²) in [7, 11) is 0. The Bertz CT molecular complexity index is 1100. The monoisotopic (exact) mass is 381 g/mol. The average molecular weight is 381 g/mol. The maximum Gasteiger partial charge on any atom is 0.226 e. The van der Waals surface area contributed by atoms with Gasteiger partial charge in [-0.1, -0.05) is 5.16 Å². The lowest BCUT2D eigenvalue weighted by Crippen LogP contribution is -2.01. The van der Waals surface area contributed by atoms with Crippen LogP contribution in [-0.4, -0.2) is 15.1 Å². The number of hydrogen-bond acceptors (Lipinski definition) is 6. The zero-order valence-corrected chi connectivity index (χ0v) is 15.3. The Hall–Kier alpha value is -2.80. The van der Waals surface area contributed by atoms with Gasteiger partial charge in [-0.25, -0.2) is 14.4 Å². The summed E-state index contributed by atoms with van der Waals surface area (Å²) in [4.78, 5) is 11.1. The molecule has 0 bridgehead atoms. The standard InChI is InChI=1S/C20H16FN3O2S/c21-13-7-5-12(6-8-13)16-9-14(26-24-16)10-25-19-18-15-3-1-2-4-17(15)27-20(18)23-11-22-19/h5-9,11H,1-4,10H2. The number of hydrogen-bond donors (Lipinski definition) is 0. The van der Waals surface area contributed by atoms with E-state index < -0.39 is 0 Å². The molecule has 0 amide bonds. The summed E-state index contributed by atoms with van der Waals surface area (Å²) >= 11 is 1.74. The van der Waals surface area contributed by atoms with E-state index in [0.29, 0.717) is 17.3 Å². The number of aromatic nitrogens is 3. The van der Waals surface area contributed by atoms with E-state index >= 15 is 0 Å². The van der Waals surface area contributed by atoms with E-state index in [0.717, 1.165) is 28.6 Å². The van der Waals surface area contributed by atoms with Crippen LogP contribution in [0.1, 0.15) is 29.0 Å². The van der Waals surface area contributed by atoms with Crippen molar-refractivity contribution in [1.82, 2.24) is 15.1 Å². The first-order valence-corrected chi connectivity index (χ1v) is 9.69. The number of rotatable bonds is 4. The van der Waals surface area contributed by atoms with Gasteiger partial charge in [0.15, 0.2) is 12.4 Å². The minimum absolute atomic E-state index is 0.227. The number of fused-ring (bicyclic) bond motifs is 3. The molecule has 136 valence electrons. The molecule has 0 fully saturated rings. The Morgan fingerprint density at radius 3 is 2.85 bits per heavy atom. The third-order valence-electron chi connectivity index (χ3n) is 4.77. The van der Waals surface area contributed by atoms with Crippen LogP contribution in [0.5, 0.6) is 5.88 Å². The summed E-state index contributed by atoms with van der Waals surface area (Å²) in [6, 6.07) is 7.94. The maximum atomic E-state index is 13.1. The van der Waals surface area contributed by atoms with Crippen molar-refractivity contribution < 1.29 is 13.7 Å². The smallest absolute Gasteiger partial charge is 0.226 e. The van der Waals surface area contributed by atoms with E-state index in [2.05, 4.69) is 15.1 Å². The number of nitrogens with zero attached hydrogens (tertiary/aromatic N) is 3. The molecule has 1 aliphatic carbocycles. The first-order valence-electron chi connectivity index (χ1n) is 8.87. The van der Waals surface area contributed by atoms with Gasteiger partial charge in [0, 0.05) is 16.5 Å². The van der Waals surface area contributed by atoms with E-state index in [-0.39, 0.29) is 12.4 Å². The van der Waals surface area contributed by atoms with Gasteiger partial charge in [0.05, 0.1) is 5.39 Å². The van der Waals surface area contributed by atoms with Crippen molar-refractivity contribution in [2.24, 2.45) is 0 Å². The maximum absolute atomic E-state index is 13.1. The van der Waals surface area contributed by atoms with Crippen LogP contribution in [0, 0.1) is 5.82 Å². The first kappa shape index (κ1) is 16.4. The third kappa shape index (κ3) is 3.08. The molecule has 1 aliphatic rings. The zero-order valence-electron chi connectivity index (χ0n) is 14.4. The van der Waals surface area contributed by atoms with E-state index in [4.69, 9.17) is 9.26 Å². The average Bonchev–Trinajstić information content (AvgIpc) is 3.31. The van der Waals surface area contributed by atoms with Gasteiger partial charge in [0.25, 0.3) is 0 Å². The van der Waals surface area contributed by atoms with Crippen LogP contribution in [0.3, 0.4) is 0 Å². The highest BCUT2D eigenvalue weighted by molar-refractivity contribution is 7.18. The molecule has 0 saturated carbocycles. The highest BCUT2D eigenvalue weighted by atomic mass is 32.1. The Morgan fingerprint density at radius 2 is 1.96 bits per heavy atom. The summed E-state index contributed by atoms with van der Waals surface area (Å²) in [5, 5.41) is 5.08. The van der Waals surface area contributed by atoms with Gasteiger partial charge in [0.2, 0.25) is 5.88 Å². The molecule has 3 heterocycles. The van der Waals surface area contributed by atoms with Crippen molar-refractivity contribution >= 4 is 21.6 Å². The van der Waals surface area contributed by atoms with Gasteiger partial charge in [-0.2, -0.15) is 0 Å². The van der Waals surface area contributed by atoms with Gasteiger partial charge in [-0.3, -0.25) is 0 Å². The third-order valence-corrected chi connectivity index (χ3v) is 5.97. The lowest BCUT2D eigenvalue weighted by molar-refractivity contribution is 0.244. The molecule has 3 aromatic heterocycles. The fourth-order valence-electron chi connectivity index (χ4n) is 3.45. The molecule has 0 saturated heterocycles. The van der Waals surface area contributed by atoms with Crippen LogP contribution < -0.4 is 4.74 Å². The lowest BCUT2D eigenvalue weighted by atomic mass is 9.97. The van der Waals surface area contributed by atoms with Gasteiger partial charge in [-0.15, -0.1) is 11.3 Å². The van der Waals surface area contributed by atoms with Crippen molar-refractivity contribution in [3.8, 4) is 17.1 Å². The molecule has 5 nitrogen and oxygen atoms in total. The molecular formula is C20H16FN3O2S. The van der Waals surface area contributed by atoms with Crippen molar-refractivity contribution in [2.45, 2.75) is 32.3 Å². The van der Waals surface area contributed by atoms with Gasteiger partial charge < -0.3 is 9.26 Å². The topological polar surface area (TPSA) is 61.0 Å². The van der Waals surface area contributed by atoms with Crippen LogP contribution in [0.15, 0.2) is 41.2 Å². The molecule has 0 atom stereocenters. The Morgan fingerprint density at radius 1 is 1.11 bits per heavy atom. The quantitative estimate of drug-likeness (QED) is 0.501. The summed E-state index contributed by atoms with van der Waals surface area (Å²) in [5.74, 6) is 0.905. The number of thiophene rings is 1. The summed E-state index contributed by atoms with van der Waals surface area (Å²) in [6.07, 6.45) is 6.13. The van der Waals surface area contributed by atoms with Crippen LogP contribution in [0.2, 0.25) is 0 Å². The number of ether oxygens (including phenoxy) is 1. The van der Waals surface area contributed by atoms with E-state index in [9.17, 15) is 4.39 Å². The zero-order chi connectivity index (χ0) is 18.2. The molecule has 0 unspecified atom stereocenters. The molecule has 1 aromatic carbocycles. The molecule has 4 aromatic rings. The minimum atomic E-state index is -0.280. The highest BCUT2D eigenvalue weighted by Gasteiger charge is 2.21. The molecule has 27 heavy (non-hydrogen) atoms. The molecule has 5 rings (SSSR count). The number of benzene rings is 1. The largest absolute Gasteiger partial charge is 0.469 e. The number of halogens is 1. The fourth-order valence-corrected chi connectivity index (χ4v) is 4.67. The highest BCUT2D eigenvalue weighted by Crippen LogP contribution is 2.39. The summed E-state index contributed by atoms with van der Waals surface area (Å²) in [5.41, 5.74) is 2.78. The SMILES string of the molecule is Fc1ccc(-c2cc(COc3ncnc4sc5c(c34)CCCC5)on2)cc1. The summed E-state index contributed by atoms with van der Waals surface area (Å²) < 4.78 is 24.4. The van der Waals surface area contributed by atoms with Crippen molar-refractivity contribution in [3.63, 3.8) is 0 Å². The number of aryl methyl sites for hydroxylation is 2. The second kappa shape index (κ2) is 6.74. The van der Waals surface area contributed by atoms with Crippen molar-refractivity contribution in [1.29, 1.82) is 0 Å². The van der Waals surface area contributed by atoms with Crippen LogP contribution >= 0.6 is 11.3 Å². The predicted molar refractivity (Wildman–Crippen MR) is 100 cm³/mol. The molecule has 0 N–H and O–H groups in total. The lowest BCUT2D eigenvalue weighted by Gasteiger charge is -2.11. The molecule has 0 spiro atoms. The van der Waals surface area contributed by atoms with Crippen LogP contribution in [0.4, 0.5) is 4.39 Å². The van der Waals surface area contributed by atoms with Gasteiger partial charge in [-0.05, 0) is 55.5 Å². The van der Waals surface area contributed by atoms with Crippen LogP contribution in [0.25, 0.3) is 21.5 Å². The van der Waals surface area contributed by atoms with Crippen molar-refractivity contribution in [3.05, 3.63) is 58.7 Å². The Kier molecular flexibility index (Phi) is 4.09. The minimum Gasteiger partial charge on any atom is -0.469 e. The van der Waals surface area contributed by atoms with Gasteiger partial charge in [0.1, 0.15) is 22.7 Å². The predicted octanol–water partition coefficient (Wildman–Crippen LogP) is 4.94. The second-order valence-electron chi connectivity index (χ2n) is 6.54. The molecule has 0 aliphatic heterocycles. The molecule has 0 radical (unpaired) electrons. The summed E-state index contributed by atoms with van der Waals surface area (Å²) in [6.45, 7) is 0.227. The van der Waals surface area contributed by atoms with E-state index in [1.165, 1.54) is 35.4 Å². The van der Waals surface area contributed by atoms with Crippen molar-refractivity contribution in [2.75, 3.05) is 0 Å². The molecule has 7 heteroatoms. The molecular weight excluding hydrogens is 365 g/mol. The fraction of sp³-hybridized carbons (Fsp3) is 0.250. The van der Waals surface area contributed by atoms with E-state index in [1.54, 1.807) is 35.9 Å². The van der Waals surface area contributed by atoms with Gasteiger partial charge >= 0.3 is 0 Å².